The van der Waals surface area contributed by atoms with Gasteiger partial charge in [0, 0.05) is 17.6 Å². The lowest BCUT2D eigenvalue weighted by molar-refractivity contribution is 0.0965. The van der Waals surface area contributed by atoms with Gasteiger partial charge in [0.05, 0.1) is 0 Å². The van der Waals surface area contributed by atoms with E-state index in [9.17, 15) is 4.79 Å². The van der Waals surface area contributed by atoms with Crippen LogP contribution >= 0.6 is 0 Å². The van der Waals surface area contributed by atoms with Crippen LogP contribution in [0.2, 0.25) is 0 Å². The topological polar surface area (TPSA) is 33.5 Å². The number of furan rings is 1. The van der Waals surface area contributed by atoms with Crippen molar-refractivity contribution in [1.82, 2.24) is 0 Å². The molecule has 116 valence electrons. The van der Waals surface area contributed by atoms with Crippen LogP contribution in [0.15, 0.2) is 71.1 Å². The Kier molecular flexibility index (Phi) is 2.77. The Morgan fingerprint density at radius 1 is 0.917 bits per heavy atom. The average molecular weight is 313 g/mol. The molecular weight excluding hydrogens is 298 g/mol. The van der Waals surface area contributed by atoms with E-state index in [-0.39, 0.29) is 5.91 Å². The number of nitrogens with zero attached hydrogens (tertiary/aromatic N) is 1. The molecule has 3 heteroatoms. The first-order valence-corrected chi connectivity index (χ1v) is 8.12. The van der Waals surface area contributed by atoms with Crippen molar-refractivity contribution in [2.24, 2.45) is 0 Å². The standard InChI is InChI=1S/C21H15NO2/c23-21(22-12-11-15-6-2-4-8-18(15)22)20-13-17-16-7-3-1-5-14(16)9-10-19(17)24-20/h1-10,13H,11-12H2. The lowest BCUT2D eigenvalue weighted by Gasteiger charge is -2.15. The monoisotopic (exact) mass is 313 g/mol. The molecule has 0 saturated carbocycles. The predicted molar refractivity (Wildman–Crippen MR) is 95.5 cm³/mol. The molecule has 0 atom stereocenters. The molecule has 3 nitrogen and oxygen atoms in total. The van der Waals surface area contributed by atoms with E-state index in [0.29, 0.717) is 12.3 Å². The summed E-state index contributed by atoms with van der Waals surface area (Å²) in [6.07, 6.45) is 0.894. The molecule has 0 unspecified atom stereocenters. The summed E-state index contributed by atoms with van der Waals surface area (Å²) in [5.74, 6) is 0.332. The number of rotatable bonds is 1. The van der Waals surface area contributed by atoms with Crippen LogP contribution in [0.4, 0.5) is 5.69 Å². The van der Waals surface area contributed by atoms with Crippen LogP contribution in [0.5, 0.6) is 0 Å². The molecule has 1 aliphatic rings. The molecule has 1 aromatic heterocycles. The third kappa shape index (κ3) is 1.88. The Hall–Kier alpha value is -3.07. The maximum Gasteiger partial charge on any atom is 0.294 e. The predicted octanol–water partition coefficient (Wildman–Crippen LogP) is 4.79. The van der Waals surface area contributed by atoms with E-state index in [1.807, 2.05) is 53.4 Å². The number of fused-ring (bicyclic) bond motifs is 4. The van der Waals surface area contributed by atoms with E-state index in [2.05, 4.69) is 18.2 Å². The SMILES string of the molecule is O=C(c1cc2c(ccc3ccccc32)o1)N1CCc2ccccc21. The zero-order valence-corrected chi connectivity index (χ0v) is 13.0. The van der Waals surface area contributed by atoms with Gasteiger partial charge in [-0.25, -0.2) is 0 Å². The summed E-state index contributed by atoms with van der Waals surface area (Å²) in [6, 6.07) is 22.1. The highest BCUT2D eigenvalue weighted by Gasteiger charge is 2.27. The van der Waals surface area contributed by atoms with E-state index in [0.717, 1.165) is 33.8 Å². The number of para-hydroxylation sites is 1. The number of hydrogen-bond donors (Lipinski definition) is 0. The van der Waals surface area contributed by atoms with Gasteiger partial charge in [0.1, 0.15) is 5.58 Å². The van der Waals surface area contributed by atoms with Gasteiger partial charge >= 0.3 is 0 Å². The van der Waals surface area contributed by atoms with Crippen molar-refractivity contribution in [2.45, 2.75) is 6.42 Å². The van der Waals surface area contributed by atoms with Crippen molar-refractivity contribution >= 4 is 33.3 Å². The summed E-state index contributed by atoms with van der Waals surface area (Å²) in [7, 11) is 0. The minimum Gasteiger partial charge on any atom is -0.451 e. The molecule has 1 aliphatic heterocycles. The minimum absolute atomic E-state index is 0.0692. The molecule has 2 heterocycles. The first kappa shape index (κ1) is 13.4. The van der Waals surface area contributed by atoms with Gasteiger partial charge in [-0.1, -0.05) is 48.5 Å². The van der Waals surface area contributed by atoms with E-state index < -0.39 is 0 Å². The number of carbonyl (C=O) groups is 1. The highest BCUT2D eigenvalue weighted by Crippen LogP contribution is 2.32. The number of benzene rings is 3. The van der Waals surface area contributed by atoms with Crippen molar-refractivity contribution < 1.29 is 9.21 Å². The number of hydrogen-bond acceptors (Lipinski definition) is 2. The van der Waals surface area contributed by atoms with E-state index in [1.54, 1.807) is 0 Å². The maximum absolute atomic E-state index is 12.9. The molecule has 3 aromatic carbocycles. The number of carbonyl (C=O) groups excluding carboxylic acids is 1. The summed E-state index contributed by atoms with van der Waals surface area (Å²) in [5.41, 5.74) is 2.96. The molecular formula is C21H15NO2. The highest BCUT2D eigenvalue weighted by atomic mass is 16.3. The van der Waals surface area contributed by atoms with Crippen LogP contribution in [-0.2, 0) is 6.42 Å². The Morgan fingerprint density at radius 2 is 1.75 bits per heavy atom. The maximum atomic E-state index is 12.9. The van der Waals surface area contributed by atoms with Crippen molar-refractivity contribution in [2.75, 3.05) is 11.4 Å². The molecule has 1 amide bonds. The van der Waals surface area contributed by atoms with Crippen molar-refractivity contribution in [3.63, 3.8) is 0 Å². The van der Waals surface area contributed by atoms with Gasteiger partial charge in [-0.05, 0) is 41.0 Å². The van der Waals surface area contributed by atoms with Crippen molar-refractivity contribution in [1.29, 1.82) is 0 Å². The fourth-order valence-corrected chi connectivity index (χ4v) is 3.58. The van der Waals surface area contributed by atoms with Gasteiger partial charge in [0.25, 0.3) is 5.91 Å². The van der Waals surface area contributed by atoms with Gasteiger partial charge in [0.15, 0.2) is 5.76 Å². The third-order valence-corrected chi connectivity index (χ3v) is 4.77. The Bertz CT molecular complexity index is 1090. The number of anilines is 1. The zero-order valence-electron chi connectivity index (χ0n) is 13.0. The summed E-state index contributed by atoms with van der Waals surface area (Å²) >= 11 is 0. The molecule has 0 bridgehead atoms. The van der Waals surface area contributed by atoms with Crippen LogP contribution in [0.1, 0.15) is 16.1 Å². The van der Waals surface area contributed by atoms with E-state index >= 15 is 0 Å². The summed E-state index contributed by atoms with van der Waals surface area (Å²) in [5, 5.41) is 3.25. The van der Waals surface area contributed by atoms with Crippen LogP contribution in [-0.4, -0.2) is 12.5 Å². The fraction of sp³-hybridized carbons (Fsp3) is 0.0952. The van der Waals surface area contributed by atoms with E-state index in [1.165, 1.54) is 5.56 Å². The second kappa shape index (κ2) is 4.96. The van der Waals surface area contributed by atoms with Gasteiger partial charge in [-0.2, -0.15) is 0 Å². The summed E-state index contributed by atoms with van der Waals surface area (Å²) < 4.78 is 5.87. The van der Waals surface area contributed by atoms with Crippen LogP contribution in [0.25, 0.3) is 21.7 Å². The molecule has 5 rings (SSSR count). The van der Waals surface area contributed by atoms with Crippen LogP contribution < -0.4 is 4.90 Å². The smallest absolute Gasteiger partial charge is 0.294 e. The first-order chi connectivity index (χ1) is 11.8. The highest BCUT2D eigenvalue weighted by molar-refractivity contribution is 6.12. The van der Waals surface area contributed by atoms with Crippen molar-refractivity contribution in [3.8, 4) is 0 Å². The normalized spacial score (nSPS) is 13.6. The van der Waals surface area contributed by atoms with Crippen LogP contribution in [0.3, 0.4) is 0 Å². The first-order valence-electron chi connectivity index (χ1n) is 8.12. The summed E-state index contributed by atoms with van der Waals surface area (Å²) in [6.45, 7) is 0.704. The second-order valence-electron chi connectivity index (χ2n) is 6.14. The lowest BCUT2D eigenvalue weighted by Crippen LogP contribution is -2.28. The molecule has 0 fully saturated rings. The fourth-order valence-electron chi connectivity index (χ4n) is 3.58. The molecule has 0 spiro atoms. The van der Waals surface area contributed by atoms with Crippen LogP contribution in [0, 0.1) is 0 Å². The van der Waals surface area contributed by atoms with E-state index in [4.69, 9.17) is 4.42 Å². The Balaban J connectivity index is 1.62. The minimum atomic E-state index is -0.0692. The molecule has 0 radical (unpaired) electrons. The quantitative estimate of drug-likeness (QED) is 0.506. The lowest BCUT2D eigenvalue weighted by atomic mass is 10.1. The third-order valence-electron chi connectivity index (χ3n) is 4.77. The Morgan fingerprint density at radius 3 is 2.71 bits per heavy atom. The number of amides is 1. The average Bonchev–Trinajstić information content (AvgIpc) is 3.25. The molecule has 0 aliphatic carbocycles. The van der Waals surface area contributed by atoms with Gasteiger partial charge in [0.2, 0.25) is 0 Å². The molecule has 0 N–H and O–H groups in total. The zero-order chi connectivity index (χ0) is 16.1. The largest absolute Gasteiger partial charge is 0.451 e. The van der Waals surface area contributed by atoms with Crippen molar-refractivity contribution in [3.05, 3.63) is 78.1 Å². The molecule has 24 heavy (non-hydrogen) atoms. The Labute approximate surface area is 139 Å². The molecule has 4 aromatic rings. The van der Waals surface area contributed by atoms with Gasteiger partial charge in [-0.15, -0.1) is 0 Å². The summed E-state index contributed by atoms with van der Waals surface area (Å²) in [4.78, 5) is 14.8. The molecule has 0 saturated heterocycles. The van der Waals surface area contributed by atoms with Gasteiger partial charge < -0.3 is 9.32 Å². The van der Waals surface area contributed by atoms with Gasteiger partial charge in [-0.3, -0.25) is 4.79 Å². The second-order valence-corrected chi connectivity index (χ2v) is 6.14.